The van der Waals surface area contributed by atoms with E-state index in [0.29, 0.717) is 18.3 Å². The van der Waals surface area contributed by atoms with Gasteiger partial charge in [0.15, 0.2) is 10.5 Å². The van der Waals surface area contributed by atoms with Gasteiger partial charge in [-0.3, -0.25) is 4.79 Å². The first-order chi connectivity index (χ1) is 13.8. The van der Waals surface area contributed by atoms with E-state index in [4.69, 9.17) is 21.1 Å². The van der Waals surface area contributed by atoms with Crippen molar-refractivity contribution in [1.82, 2.24) is 0 Å². The number of nitriles is 1. The Balaban J connectivity index is 1.63. The number of rotatable bonds is 2. The van der Waals surface area contributed by atoms with Gasteiger partial charge in [0, 0.05) is 17.8 Å². The average molecular weight is 412 g/mol. The van der Waals surface area contributed by atoms with E-state index in [-0.39, 0.29) is 16.8 Å². The Bertz CT molecular complexity index is 983. The number of carbonyl (C=O) groups is 1. The van der Waals surface area contributed by atoms with Crippen LogP contribution in [0.3, 0.4) is 0 Å². The molecule has 0 aromatic heterocycles. The first-order valence-corrected chi connectivity index (χ1v) is 10.8. The van der Waals surface area contributed by atoms with Gasteiger partial charge in [-0.1, -0.05) is 30.7 Å². The number of carbonyl (C=O) groups excluding carboxylic acids is 1. The highest BCUT2D eigenvalue weighted by Crippen LogP contribution is 2.79. The molecule has 4 nitrogen and oxygen atoms in total. The largest absolute Gasteiger partial charge is 0.497 e. The second-order valence-electron chi connectivity index (χ2n) is 9.48. The van der Waals surface area contributed by atoms with Crippen LogP contribution in [0.4, 0.5) is 0 Å². The molecule has 2 bridgehead atoms. The average Bonchev–Trinajstić information content (AvgIpc) is 3.05. The highest BCUT2D eigenvalue weighted by atomic mass is 35.5. The van der Waals surface area contributed by atoms with Crippen molar-refractivity contribution in [2.75, 3.05) is 7.11 Å². The standard InChI is InChI=1S/C24H26ClNO3/c1-15(27)29-24-11-10-22(13-23(24,25)14-26)20-7-4-16-12-17(28-3)5-6-18(16)19(20)8-9-21(22,24)2/h5-6,10-12,19-20H,4,7-9,13H2,1-3H3/t19-,20-,21+,22+,23-,24-/m1/s1. The zero-order chi connectivity index (χ0) is 20.7. The lowest BCUT2D eigenvalue weighted by molar-refractivity contribution is -0.170. The summed E-state index contributed by atoms with van der Waals surface area (Å²) >= 11 is 6.98. The third-order valence-corrected chi connectivity index (χ3v) is 9.15. The fourth-order valence-electron chi connectivity index (χ4n) is 7.43. The number of methoxy groups -OCH3 is 1. The predicted octanol–water partition coefficient (Wildman–Crippen LogP) is 4.90. The van der Waals surface area contributed by atoms with E-state index in [1.54, 1.807) is 7.11 Å². The van der Waals surface area contributed by atoms with Crippen LogP contribution in [0.1, 0.15) is 56.6 Å². The van der Waals surface area contributed by atoms with Crippen molar-refractivity contribution in [2.24, 2.45) is 16.7 Å². The number of fused-ring (bicyclic) bond motifs is 3. The summed E-state index contributed by atoms with van der Waals surface area (Å²) in [4.78, 5) is 10.8. The van der Waals surface area contributed by atoms with Gasteiger partial charge >= 0.3 is 5.97 Å². The van der Waals surface area contributed by atoms with E-state index < -0.39 is 10.5 Å². The molecule has 5 heteroatoms. The summed E-state index contributed by atoms with van der Waals surface area (Å²) < 4.78 is 11.4. The first kappa shape index (κ1) is 19.0. The van der Waals surface area contributed by atoms with E-state index in [0.717, 1.165) is 31.4 Å². The van der Waals surface area contributed by atoms with E-state index in [1.165, 1.54) is 18.1 Å². The Hall–Kier alpha value is -1.99. The second-order valence-corrected chi connectivity index (χ2v) is 10.1. The molecule has 0 radical (unpaired) electrons. The lowest BCUT2D eigenvalue weighted by Crippen LogP contribution is -2.57. The van der Waals surface area contributed by atoms with Gasteiger partial charge < -0.3 is 9.47 Å². The quantitative estimate of drug-likeness (QED) is 0.394. The Morgan fingerprint density at radius 1 is 1.31 bits per heavy atom. The van der Waals surface area contributed by atoms with Gasteiger partial charge in [0.25, 0.3) is 0 Å². The van der Waals surface area contributed by atoms with Gasteiger partial charge in [0.05, 0.1) is 13.2 Å². The van der Waals surface area contributed by atoms with E-state index in [9.17, 15) is 10.1 Å². The summed E-state index contributed by atoms with van der Waals surface area (Å²) in [6.07, 6.45) is 8.65. The van der Waals surface area contributed by atoms with Crippen molar-refractivity contribution in [2.45, 2.75) is 62.3 Å². The van der Waals surface area contributed by atoms with Gasteiger partial charge in [-0.25, -0.2) is 0 Å². The van der Waals surface area contributed by atoms with Crippen LogP contribution in [0.15, 0.2) is 30.4 Å². The number of hydrogen-bond acceptors (Lipinski definition) is 4. The molecule has 5 rings (SSSR count). The van der Waals surface area contributed by atoms with Crippen LogP contribution in [0.5, 0.6) is 5.75 Å². The van der Waals surface area contributed by atoms with E-state index in [2.05, 4.69) is 37.3 Å². The van der Waals surface area contributed by atoms with E-state index >= 15 is 0 Å². The molecule has 0 heterocycles. The minimum absolute atomic E-state index is 0.236. The molecule has 6 atom stereocenters. The van der Waals surface area contributed by atoms with Gasteiger partial charge in [-0.2, -0.15) is 5.26 Å². The molecule has 152 valence electrons. The summed E-state index contributed by atoms with van der Waals surface area (Å²) in [7, 11) is 1.71. The van der Waals surface area contributed by atoms with Gasteiger partial charge in [-0.05, 0) is 73.3 Å². The molecule has 29 heavy (non-hydrogen) atoms. The Labute approximate surface area is 176 Å². The monoisotopic (exact) mass is 411 g/mol. The van der Waals surface area contributed by atoms with Crippen molar-refractivity contribution in [3.05, 3.63) is 41.5 Å². The Kier molecular flexibility index (Phi) is 3.79. The molecule has 0 saturated heterocycles. The maximum Gasteiger partial charge on any atom is 0.303 e. The topological polar surface area (TPSA) is 59.3 Å². The number of allylic oxidation sites excluding steroid dienone is 1. The molecule has 0 aliphatic heterocycles. The van der Waals surface area contributed by atoms with Gasteiger partial charge in [-0.15, -0.1) is 0 Å². The smallest absolute Gasteiger partial charge is 0.303 e. The van der Waals surface area contributed by atoms with Crippen LogP contribution in [-0.4, -0.2) is 23.6 Å². The number of nitrogens with zero attached hydrogens (tertiary/aromatic N) is 1. The molecule has 4 aliphatic rings. The minimum atomic E-state index is -1.22. The molecular weight excluding hydrogens is 386 g/mol. The van der Waals surface area contributed by atoms with Crippen LogP contribution in [0.2, 0.25) is 0 Å². The van der Waals surface area contributed by atoms with Crippen LogP contribution >= 0.6 is 11.6 Å². The first-order valence-electron chi connectivity index (χ1n) is 10.4. The Morgan fingerprint density at radius 2 is 2.10 bits per heavy atom. The molecule has 1 aromatic carbocycles. The van der Waals surface area contributed by atoms with Crippen LogP contribution in [0, 0.1) is 28.1 Å². The number of alkyl halides is 1. The third-order valence-electron chi connectivity index (χ3n) is 8.65. The molecule has 4 aliphatic carbocycles. The van der Waals surface area contributed by atoms with Crippen molar-refractivity contribution in [3.63, 3.8) is 0 Å². The predicted molar refractivity (Wildman–Crippen MR) is 110 cm³/mol. The second kappa shape index (κ2) is 5.79. The molecule has 0 spiro atoms. The number of esters is 1. The summed E-state index contributed by atoms with van der Waals surface area (Å²) in [6, 6.07) is 8.78. The maximum absolute atomic E-state index is 12.1. The summed E-state index contributed by atoms with van der Waals surface area (Å²) in [6.45, 7) is 3.60. The fraction of sp³-hybridized carbons (Fsp3) is 0.583. The lowest BCUT2D eigenvalue weighted by Gasteiger charge is -2.56. The number of aryl methyl sites for hydroxylation is 1. The van der Waals surface area contributed by atoms with Crippen molar-refractivity contribution in [3.8, 4) is 11.8 Å². The summed E-state index contributed by atoms with van der Waals surface area (Å²) in [5.74, 6) is 1.33. The zero-order valence-electron chi connectivity index (χ0n) is 17.1. The maximum atomic E-state index is 12.1. The number of benzene rings is 1. The molecule has 0 amide bonds. The van der Waals surface area contributed by atoms with Gasteiger partial charge in [0.2, 0.25) is 0 Å². The number of ether oxygens (including phenoxy) is 2. The SMILES string of the molecule is COc1ccc2c(c1)CC[C@@H]1[C@@H]2CC[C@]2(C)[C@]3(OC(C)=O)C=C[C@]12C[C@@]3(Cl)C#N. The summed E-state index contributed by atoms with van der Waals surface area (Å²) in [5.41, 5.74) is 1.11. The highest BCUT2D eigenvalue weighted by molar-refractivity contribution is 6.27. The molecular formula is C24H26ClNO3. The molecule has 0 N–H and O–H groups in total. The van der Waals surface area contributed by atoms with Crippen molar-refractivity contribution < 1.29 is 14.3 Å². The van der Waals surface area contributed by atoms with Crippen molar-refractivity contribution in [1.29, 1.82) is 5.26 Å². The summed E-state index contributed by atoms with van der Waals surface area (Å²) in [5, 5.41) is 10.1. The fourth-order valence-corrected chi connectivity index (χ4v) is 7.96. The number of halogens is 1. The zero-order valence-corrected chi connectivity index (χ0v) is 17.9. The lowest BCUT2D eigenvalue weighted by atomic mass is 9.48. The molecule has 0 unspecified atom stereocenters. The van der Waals surface area contributed by atoms with Crippen molar-refractivity contribution >= 4 is 17.6 Å². The van der Waals surface area contributed by atoms with E-state index in [1.807, 2.05) is 6.08 Å². The highest BCUT2D eigenvalue weighted by Gasteiger charge is 2.82. The van der Waals surface area contributed by atoms with Crippen LogP contribution < -0.4 is 4.74 Å². The molecule has 1 aromatic rings. The Morgan fingerprint density at radius 3 is 2.79 bits per heavy atom. The third kappa shape index (κ3) is 2.03. The van der Waals surface area contributed by atoms with Crippen LogP contribution in [-0.2, 0) is 16.0 Å². The number of hydrogen-bond donors (Lipinski definition) is 0. The normalized spacial score (nSPS) is 43.7. The van der Waals surface area contributed by atoms with Gasteiger partial charge in [0.1, 0.15) is 5.75 Å². The minimum Gasteiger partial charge on any atom is -0.497 e. The molecule has 2 saturated carbocycles. The van der Waals surface area contributed by atoms with Crippen LogP contribution in [0.25, 0.3) is 0 Å². The molecule has 2 fully saturated rings.